The number of benzene rings is 1. The number of para-hydroxylation sites is 1. The number of likely N-dealkylation sites (tertiary alicyclic amines) is 1. The highest BCUT2D eigenvalue weighted by atomic mass is 16.2. The van der Waals surface area contributed by atoms with E-state index in [1.54, 1.807) is 12.4 Å². The van der Waals surface area contributed by atoms with Crippen LogP contribution < -0.4 is 5.32 Å². The molecule has 1 N–H and O–H groups in total. The van der Waals surface area contributed by atoms with Gasteiger partial charge < -0.3 is 10.2 Å². The Kier molecular flexibility index (Phi) is 3.07. The van der Waals surface area contributed by atoms with Crippen molar-refractivity contribution < 1.29 is 4.79 Å². The third kappa shape index (κ3) is 2.27. The first-order chi connectivity index (χ1) is 10.3. The van der Waals surface area contributed by atoms with Gasteiger partial charge in [-0.3, -0.25) is 14.8 Å². The van der Waals surface area contributed by atoms with Crippen LogP contribution in [0.25, 0.3) is 11.0 Å². The Hall–Kier alpha value is -2.01. The second-order valence-electron chi connectivity index (χ2n) is 5.91. The summed E-state index contributed by atoms with van der Waals surface area (Å²) in [6.07, 6.45) is 6.76. The maximum Gasteiger partial charge on any atom is 0.256 e. The van der Waals surface area contributed by atoms with Crippen molar-refractivity contribution in [2.24, 2.45) is 0 Å². The van der Waals surface area contributed by atoms with E-state index < -0.39 is 0 Å². The summed E-state index contributed by atoms with van der Waals surface area (Å²) in [5, 5.41) is 3.60. The summed E-state index contributed by atoms with van der Waals surface area (Å²) in [5.74, 6) is 0.0791. The highest BCUT2D eigenvalue weighted by Crippen LogP contribution is 2.23. The fraction of sp³-hybridized carbons (Fsp3) is 0.438. The Labute approximate surface area is 123 Å². The van der Waals surface area contributed by atoms with E-state index in [1.165, 1.54) is 12.8 Å². The summed E-state index contributed by atoms with van der Waals surface area (Å²) in [6, 6.07) is 6.66. The lowest BCUT2D eigenvalue weighted by Crippen LogP contribution is -2.39. The smallest absolute Gasteiger partial charge is 0.256 e. The van der Waals surface area contributed by atoms with E-state index in [-0.39, 0.29) is 5.91 Å². The molecule has 21 heavy (non-hydrogen) atoms. The second kappa shape index (κ2) is 5.07. The molecular weight excluding hydrogens is 264 g/mol. The first-order valence-corrected chi connectivity index (χ1v) is 7.56. The number of nitrogens with zero attached hydrogens (tertiary/aromatic N) is 3. The molecule has 1 aromatic heterocycles. The molecule has 2 atom stereocenters. The van der Waals surface area contributed by atoms with Crippen LogP contribution in [0, 0.1) is 0 Å². The van der Waals surface area contributed by atoms with Gasteiger partial charge in [-0.25, -0.2) is 0 Å². The molecule has 5 nitrogen and oxygen atoms in total. The molecular formula is C16H18N4O. The summed E-state index contributed by atoms with van der Waals surface area (Å²) in [6.45, 7) is 1.62. The van der Waals surface area contributed by atoms with Crippen LogP contribution in [-0.4, -0.2) is 45.9 Å². The average molecular weight is 282 g/mol. The zero-order chi connectivity index (χ0) is 14.2. The lowest BCUT2D eigenvalue weighted by Gasteiger charge is -2.24. The number of carbonyl (C=O) groups excluding carboxylic acids is 1. The number of nitrogens with one attached hydrogen (secondary N) is 1. The van der Waals surface area contributed by atoms with Crippen LogP contribution in [-0.2, 0) is 0 Å². The zero-order valence-electron chi connectivity index (χ0n) is 11.8. The van der Waals surface area contributed by atoms with Crippen molar-refractivity contribution in [2.45, 2.75) is 31.3 Å². The Morgan fingerprint density at radius 2 is 2.00 bits per heavy atom. The van der Waals surface area contributed by atoms with Crippen molar-refractivity contribution in [3.05, 3.63) is 36.2 Å². The minimum absolute atomic E-state index is 0.0791. The Balaban J connectivity index is 1.67. The number of rotatable bonds is 1. The molecule has 1 amide bonds. The molecule has 2 aliphatic heterocycles. The van der Waals surface area contributed by atoms with Gasteiger partial charge in [0.25, 0.3) is 5.91 Å². The molecule has 0 saturated carbocycles. The number of hydrogen-bond acceptors (Lipinski definition) is 4. The number of amides is 1. The van der Waals surface area contributed by atoms with Gasteiger partial charge in [-0.05, 0) is 31.4 Å². The largest absolute Gasteiger partial charge is 0.337 e. The van der Waals surface area contributed by atoms with Crippen LogP contribution in [0.4, 0.5) is 0 Å². The van der Waals surface area contributed by atoms with Gasteiger partial charge in [0.1, 0.15) is 5.52 Å². The molecule has 2 fully saturated rings. The van der Waals surface area contributed by atoms with Crippen LogP contribution in [0.15, 0.2) is 30.6 Å². The molecule has 2 aromatic rings. The standard InChI is InChI=1S/C16H18N4O/c21-16(20-9-6-11-4-5-12(10-20)19-11)13-2-1-3-14-15(13)18-8-7-17-14/h1-3,7-8,11-12,19H,4-6,9-10H2. The fourth-order valence-corrected chi connectivity index (χ4v) is 3.46. The predicted octanol–water partition coefficient (Wildman–Crippen LogP) is 1.60. The summed E-state index contributed by atoms with van der Waals surface area (Å²) >= 11 is 0. The van der Waals surface area contributed by atoms with Crippen molar-refractivity contribution in [3.8, 4) is 0 Å². The number of carbonyl (C=O) groups is 1. The second-order valence-corrected chi connectivity index (χ2v) is 5.91. The third-order valence-electron chi connectivity index (χ3n) is 4.54. The maximum atomic E-state index is 12.9. The number of hydrogen-bond donors (Lipinski definition) is 1. The third-order valence-corrected chi connectivity index (χ3v) is 4.54. The van der Waals surface area contributed by atoms with E-state index >= 15 is 0 Å². The normalized spacial score (nSPS) is 25.0. The number of aromatic nitrogens is 2. The van der Waals surface area contributed by atoms with E-state index in [0.29, 0.717) is 23.2 Å². The van der Waals surface area contributed by atoms with Gasteiger partial charge >= 0.3 is 0 Å². The van der Waals surface area contributed by atoms with Gasteiger partial charge in [-0.2, -0.15) is 0 Å². The van der Waals surface area contributed by atoms with E-state index in [0.717, 1.165) is 25.0 Å². The Bertz CT molecular complexity index is 682. The van der Waals surface area contributed by atoms with Gasteiger partial charge in [-0.15, -0.1) is 0 Å². The molecule has 0 radical (unpaired) electrons. The van der Waals surface area contributed by atoms with E-state index in [2.05, 4.69) is 15.3 Å². The van der Waals surface area contributed by atoms with Gasteiger partial charge in [0.05, 0.1) is 11.1 Å². The molecule has 2 unspecified atom stereocenters. The van der Waals surface area contributed by atoms with Crippen LogP contribution in [0.5, 0.6) is 0 Å². The van der Waals surface area contributed by atoms with Crippen molar-refractivity contribution >= 4 is 16.9 Å². The molecule has 1 aromatic carbocycles. The van der Waals surface area contributed by atoms with Gasteiger partial charge in [0.15, 0.2) is 0 Å². The zero-order valence-corrected chi connectivity index (χ0v) is 11.8. The summed E-state index contributed by atoms with van der Waals surface area (Å²) in [5.41, 5.74) is 2.14. The molecule has 0 aliphatic carbocycles. The molecule has 2 aliphatic rings. The summed E-state index contributed by atoms with van der Waals surface area (Å²) in [4.78, 5) is 23.5. The quantitative estimate of drug-likeness (QED) is 0.863. The first kappa shape index (κ1) is 12.7. The molecule has 2 bridgehead atoms. The molecule has 108 valence electrons. The van der Waals surface area contributed by atoms with Gasteiger partial charge in [0, 0.05) is 37.6 Å². The van der Waals surface area contributed by atoms with Crippen molar-refractivity contribution in [3.63, 3.8) is 0 Å². The van der Waals surface area contributed by atoms with Crippen LogP contribution in [0.1, 0.15) is 29.6 Å². The minimum atomic E-state index is 0.0791. The molecule has 5 heteroatoms. The molecule has 2 saturated heterocycles. The van der Waals surface area contributed by atoms with Crippen LogP contribution >= 0.6 is 0 Å². The Morgan fingerprint density at radius 3 is 2.95 bits per heavy atom. The lowest BCUT2D eigenvalue weighted by molar-refractivity contribution is 0.0750. The van der Waals surface area contributed by atoms with Crippen molar-refractivity contribution in [1.82, 2.24) is 20.2 Å². The van der Waals surface area contributed by atoms with E-state index in [4.69, 9.17) is 0 Å². The van der Waals surface area contributed by atoms with Crippen LogP contribution in [0.2, 0.25) is 0 Å². The van der Waals surface area contributed by atoms with Gasteiger partial charge in [-0.1, -0.05) is 6.07 Å². The minimum Gasteiger partial charge on any atom is -0.337 e. The molecule has 0 spiro atoms. The highest BCUT2D eigenvalue weighted by molar-refractivity contribution is 6.04. The molecule has 3 heterocycles. The monoisotopic (exact) mass is 282 g/mol. The predicted molar refractivity (Wildman–Crippen MR) is 80.0 cm³/mol. The fourth-order valence-electron chi connectivity index (χ4n) is 3.46. The average Bonchev–Trinajstić information content (AvgIpc) is 2.85. The van der Waals surface area contributed by atoms with E-state index in [9.17, 15) is 4.79 Å². The Morgan fingerprint density at radius 1 is 1.14 bits per heavy atom. The molecule has 4 rings (SSSR count). The van der Waals surface area contributed by atoms with Gasteiger partial charge in [0.2, 0.25) is 0 Å². The van der Waals surface area contributed by atoms with Crippen molar-refractivity contribution in [2.75, 3.05) is 13.1 Å². The lowest BCUT2D eigenvalue weighted by atomic mass is 10.1. The summed E-state index contributed by atoms with van der Waals surface area (Å²) < 4.78 is 0. The van der Waals surface area contributed by atoms with E-state index in [1.807, 2.05) is 23.1 Å². The van der Waals surface area contributed by atoms with Crippen molar-refractivity contribution in [1.29, 1.82) is 0 Å². The SMILES string of the molecule is O=C(c1cccc2nccnc12)N1CCC2CCC(C1)N2. The first-order valence-electron chi connectivity index (χ1n) is 7.56. The maximum absolute atomic E-state index is 12.9. The summed E-state index contributed by atoms with van der Waals surface area (Å²) in [7, 11) is 0. The topological polar surface area (TPSA) is 58.1 Å². The van der Waals surface area contributed by atoms with Crippen LogP contribution in [0.3, 0.4) is 0 Å². The highest BCUT2D eigenvalue weighted by Gasteiger charge is 2.31. The number of fused-ring (bicyclic) bond motifs is 3.